The fraction of sp³-hybridized carbons (Fsp3) is 0. The van der Waals surface area contributed by atoms with Gasteiger partial charge in [-0.25, -0.2) is 0 Å². The number of hydrogen-bond donors (Lipinski definition) is 0. The van der Waals surface area contributed by atoms with Crippen LogP contribution in [0.1, 0.15) is 20.9 Å². The maximum Gasteiger partial charge on any atom is 0.0536 e. The summed E-state index contributed by atoms with van der Waals surface area (Å²) >= 11 is 7.63. The largest absolute Gasteiger partial charge is 0.134 e. The van der Waals surface area contributed by atoms with Crippen LogP contribution in [0.2, 0.25) is 0 Å². The van der Waals surface area contributed by atoms with E-state index in [0.29, 0.717) is 0 Å². The fourth-order valence-electron chi connectivity index (χ4n) is 4.28. The second-order valence-electron chi connectivity index (χ2n) is 8.22. The second-order valence-corrected chi connectivity index (χ2v) is 12.6. The Bertz CT molecular complexity index is 1700. The molecule has 0 saturated heterocycles. The molecule has 0 radical (unpaired) electrons. The molecule has 7 aromatic rings. The molecule has 0 amide bonds. The zero-order valence-corrected chi connectivity index (χ0v) is 21.3. The standard InChI is InChI=1S/C30H18S4/c1-3-7-19(8-4-1)11-13-21-15-27-29(31-21)23-17-26-24(18-25(23)33-27)30-28(34-26)16-22(32-30)14-12-20-9-5-2-6-10-20/h1-18H/b13-11+,14-12?. The molecule has 3 aromatic carbocycles. The van der Waals surface area contributed by atoms with E-state index >= 15 is 0 Å². The van der Waals surface area contributed by atoms with Gasteiger partial charge in [0.05, 0.1) is 9.40 Å². The van der Waals surface area contributed by atoms with Crippen LogP contribution in [-0.4, -0.2) is 0 Å². The SMILES string of the molecule is C(=Cc1cc2sc3cc4c(cc3c2s1)sc1cc(/C=C/c2ccccc2)sc14)c1ccccc1. The van der Waals surface area contributed by atoms with Gasteiger partial charge in [-0.15, -0.1) is 45.3 Å². The van der Waals surface area contributed by atoms with E-state index in [2.05, 4.69) is 109 Å². The quantitative estimate of drug-likeness (QED) is 0.223. The van der Waals surface area contributed by atoms with Gasteiger partial charge < -0.3 is 0 Å². The van der Waals surface area contributed by atoms with E-state index in [1.165, 1.54) is 59.9 Å². The topological polar surface area (TPSA) is 0 Å². The van der Waals surface area contributed by atoms with Crippen LogP contribution in [0.15, 0.2) is 84.9 Å². The Balaban J connectivity index is 1.26. The summed E-state index contributed by atoms with van der Waals surface area (Å²) < 4.78 is 8.39. The van der Waals surface area contributed by atoms with Gasteiger partial charge in [0.1, 0.15) is 0 Å². The van der Waals surface area contributed by atoms with Crippen LogP contribution in [0.25, 0.3) is 63.3 Å². The summed E-state index contributed by atoms with van der Waals surface area (Å²) in [6, 6.07) is 30.5. The Labute approximate surface area is 213 Å². The first kappa shape index (κ1) is 20.4. The smallest absolute Gasteiger partial charge is 0.0536 e. The van der Waals surface area contributed by atoms with E-state index in [1.807, 2.05) is 45.3 Å². The Morgan fingerprint density at radius 1 is 0.412 bits per heavy atom. The zero-order chi connectivity index (χ0) is 22.5. The van der Waals surface area contributed by atoms with Crippen LogP contribution in [0.5, 0.6) is 0 Å². The molecule has 0 aliphatic heterocycles. The number of rotatable bonds is 4. The molecule has 0 fully saturated rings. The van der Waals surface area contributed by atoms with Crippen molar-refractivity contribution in [1.29, 1.82) is 0 Å². The van der Waals surface area contributed by atoms with Crippen LogP contribution in [0, 0.1) is 0 Å². The van der Waals surface area contributed by atoms with E-state index in [0.717, 1.165) is 0 Å². The van der Waals surface area contributed by atoms with Gasteiger partial charge in [-0.05, 0) is 47.5 Å². The van der Waals surface area contributed by atoms with Crippen molar-refractivity contribution in [2.24, 2.45) is 0 Å². The van der Waals surface area contributed by atoms with Crippen molar-refractivity contribution < 1.29 is 0 Å². The molecule has 162 valence electrons. The summed E-state index contributed by atoms with van der Waals surface area (Å²) in [6.07, 6.45) is 8.88. The molecular weight excluding hydrogens is 489 g/mol. The highest BCUT2D eigenvalue weighted by molar-refractivity contribution is 7.34. The third kappa shape index (κ3) is 3.64. The van der Waals surface area contributed by atoms with Gasteiger partial charge in [-0.2, -0.15) is 0 Å². The van der Waals surface area contributed by atoms with E-state index in [1.54, 1.807) is 0 Å². The van der Waals surface area contributed by atoms with E-state index in [-0.39, 0.29) is 0 Å². The molecule has 0 aliphatic rings. The summed E-state index contributed by atoms with van der Waals surface area (Å²) in [6.45, 7) is 0. The highest BCUT2D eigenvalue weighted by Crippen LogP contribution is 2.46. The van der Waals surface area contributed by atoms with Gasteiger partial charge in [-0.3, -0.25) is 0 Å². The van der Waals surface area contributed by atoms with Gasteiger partial charge in [0, 0.05) is 39.3 Å². The molecule has 0 N–H and O–H groups in total. The van der Waals surface area contributed by atoms with Gasteiger partial charge in [-0.1, -0.05) is 72.8 Å². The number of benzene rings is 3. The molecule has 0 unspecified atom stereocenters. The van der Waals surface area contributed by atoms with Crippen molar-refractivity contribution in [1.82, 2.24) is 0 Å². The lowest BCUT2D eigenvalue weighted by atomic mass is 10.2. The Hall–Kier alpha value is -3.02. The highest BCUT2D eigenvalue weighted by atomic mass is 32.1. The first-order valence-corrected chi connectivity index (χ1v) is 14.4. The van der Waals surface area contributed by atoms with Crippen molar-refractivity contribution in [3.8, 4) is 0 Å². The first-order chi connectivity index (χ1) is 16.8. The molecular formula is C30H18S4. The summed E-state index contributed by atoms with van der Waals surface area (Å²) in [4.78, 5) is 2.63. The number of thiophene rings is 4. The highest BCUT2D eigenvalue weighted by Gasteiger charge is 2.14. The molecule has 7 rings (SSSR count). The van der Waals surface area contributed by atoms with Crippen molar-refractivity contribution in [2.45, 2.75) is 0 Å². The molecule has 0 aliphatic carbocycles. The minimum Gasteiger partial charge on any atom is -0.134 e. The Morgan fingerprint density at radius 2 is 0.853 bits per heavy atom. The molecule has 34 heavy (non-hydrogen) atoms. The van der Waals surface area contributed by atoms with Crippen molar-refractivity contribution in [3.05, 3.63) is 106 Å². The summed E-state index contributed by atoms with van der Waals surface area (Å²) in [5.41, 5.74) is 2.48. The molecule has 0 nitrogen and oxygen atoms in total. The van der Waals surface area contributed by atoms with Crippen molar-refractivity contribution in [2.75, 3.05) is 0 Å². The van der Waals surface area contributed by atoms with Gasteiger partial charge in [0.2, 0.25) is 0 Å². The summed E-state index contributed by atoms with van der Waals surface area (Å²) in [7, 11) is 0. The van der Waals surface area contributed by atoms with Gasteiger partial charge in [0.25, 0.3) is 0 Å². The van der Waals surface area contributed by atoms with Gasteiger partial charge >= 0.3 is 0 Å². The van der Waals surface area contributed by atoms with Crippen molar-refractivity contribution >= 4 is 109 Å². The van der Waals surface area contributed by atoms with Crippen LogP contribution in [0.4, 0.5) is 0 Å². The molecule has 4 heterocycles. The average molecular weight is 507 g/mol. The lowest BCUT2D eigenvalue weighted by Gasteiger charge is -1.93. The Morgan fingerprint density at radius 3 is 1.29 bits per heavy atom. The van der Waals surface area contributed by atoms with E-state index < -0.39 is 0 Å². The summed E-state index contributed by atoms with van der Waals surface area (Å²) in [5.74, 6) is 0. The van der Waals surface area contributed by atoms with Crippen molar-refractivity contribution in [3.63, 3.8) is 0 Å². The average Bonchev–Trinajstić information content (AvgIpc) is 3.61. The predicted molar refractivity (Wildman–Crippen MR) is 159 cm³/mol. The fourth-order valence-corrected chi connectivity index (χ4v) is 9.18. The van der Waals surface area contributed by atoms with Crippen LogP contribution in [-0.2, 0) is 0 Å². The van der Waals surface area contributed by atoms with E-state index in [4.69, 9.17) is 0 Å². The monoisotopic (exact) mass is 506 g/mol. The summed E-state index contributed by atoms with van der Waals surface area (Å²) in [5, 5.41) is 2.80. The first-order valence-electron chi connectivity index (χ1n) is 11.1. The van der Waals surface area contributed by atoms with Gasteiger partial charge in [0.15, 0.2) is 0 Å². The zero-order valence-electron chi connectivity index (χ0n) is 18.0. The Kier molecular flexibility index (Phi) is 4.99. The predicted octanol–water partition coefficient (Wildman–Crippen LogP) is 10.9. The molecule has 0 bridgehead atoms. The number of fused-ring (bicyclic) bond motifs is 6. The van der Waals surface area contributed by atoms with Crippen LogP contribution >= 0.6 is 45.3 Å². The molecule has 0 saturated carbocycles. The van der Waals surface area contributed by atoms with E-state index in [9.17, 15) is 0 Å². The second kappa shape index (κ2) is 8.33. The van der Waals surface area contributed by atoms with Crippen LogP contribution in [0.3, 0.4) is 0 Å². The maximum atomic E-state index is 2.42. The molecule has 0 spiro atoms. The minimum absolute atomic E-state index is 1.24. The normalized spacial score (nSPS) is 12.5. The third-order valence-electron chi connectivity index (χ3n) is 5.92. The lowest BCUT2D eigenvalue weighted by Crippen LogP contribution is -1.67. The third-order valence-corrected chi connectivity index (χ3v) is 10.6. The maximum absolute atomic E-state index is 2.42. The lowest BCUT2D eigenvalue weighted by molar-refractivity contribution is 1.67. The molecule has 4 aromatic heterocycles. The molecule has 0 atom stereocenters. The number of hydrogen-bond acceptors (Lipinski definition) is 4. The van der Waals surface area contributed by atoms with Crippen LogP contribution < -0.4 is 0 Å². The molecule has 4 heteroatoms. The minimum atomic E-state index is 1.24.